The molecule has 0 aromatic heterocycles. The number of hydrogen-bond donors (Lipinski definition) is 0. The zero-order valence-electron chi connectivity index (χ0n) is 8.98. The molecule has 15 heavy (non-hydrogen) atoms. The van der Waals surface area contributed by atoms with Crippen LogP contribution in [0.3, 0.4) is 0 Å². The molecule has 0 heterocycles. The minimum absolute atomic E-state index is 0.107. The van der Waals surface area contributed by atoms with Crippen LogP contribution < -0.4 is 0 Å². The summed E-state index contributed by atoms with van der Waals surface area (Å²) >= 11 is 0. The molecule has 2 atom stereocenters. The van der Waals surface area contributed by atoms with E-state index in [1.54, 1.807) is 6.92 Å². The predicted octanol–water partition coefficient (Wildman–Crippen LogP) is 2.67. The predicted molar refractivity (Wildman–Crippen MR) is 58.7 cm³/mol. The van der Waals surface area contributed by atoms with Crippen LogP contribution in [0.1, 0.15) is 37.0 Å². The molecule has 2 unspecified atom stereocenters. The van der Waals surface area contributed by atoms with Gasteiger partial charge in [0.25, 0.3) is 0 Å². The van der Waals surface area contributed by atoms with Crippen LogP contribution in [0, 0.1) is 0 Å². The van der Waals surface area contributed by atoms with E-state index in [1.807, 2.05) is 6.07 Å². The highest BCUT2D eigenvalue weighted by Crippen LogP contribution is 2.32. The number of benzene rings is 1. The van der Waals surface area contributed by atoms with Crippen molar-refractivity contribution < 1.29 is 9.53 Å². The van der Waals surface area contributed by atoms with Gasteiger partial charge in [-0.15, -0.1) is 0 Å². The molecule has 2 heteroatoms. The molecule has 1 aromatic rings. The van der Waals surface area contributed by atoms with Crippen LogP contribution in [0.25, 0.3) is 0 Å². The number of aryl methyl sites for hydroxylation is 1. The smallest absolute Gasteiger partial charge is 0.148 e. The second-order valence-corrected chi connectivity index (χ2v) is 4.06. The van der Waals surface area contributed by atoms with Crippen molar-refractivity contribution in [3.05, 3.63) is 35.4 Å². The van der Waals surface area contributed by atoms with Crippen LogP contribution in [0.5, 0.6) is 0 Å². The molecular formula is C13H16O2. The maximum Gasteiger partial charge on any atom is 0.148 e. The van der Waals surface area contributed by atoms with E-state index in [0.29, 0.717) is 0 Å². The van der Waals surface area contributed by atoms with Gasteiger partial charge in [0.2, 0.25) is 0 Å². The molecule has 0 bridgehead atoms. The standard InChI is InChI=1S/C13H16O2/c1-10(9-14)15-13-8-4-6-11-5-2-3-7-12(11)13/h2-3,5,7,9-10,13H,4,6,8H2,1H3. The average Bonchev–Trinajstić information content (AvgIpc) is 2.29. The van der Waals surface area contributed by atoms with Crippen LogP contribution in [-0.4, -0.2) is 12.4 Å². The van der Waals surface area contributed by atoms with Crippen molar-refractivity contribution in [1.82, 2.24) is 0 Å². The Balaban J connectivity index is 2.18. The summed E-state index contributed by atoms with van der Waals surface area (Å²) in [4.78, 5) is 10.6. The van der Waals surface area contributed by atoms with Gasteiger partial charge in [-0.25, -0.2) is 0 Å². The summed E-state index contributed by atoms with van der Waals surface area (Å²) in [7, 11) is 0. The number of carbonyl (C=O) groups excluding carboxylic acids is 1. The third-order valence-electron chi connectivity index (χ3n) is 2.88. The van der Waals surface area contributed by atoms with Gasteiger partial charge in [0.15, 0.2) is 0 Å². The molecule has 0 aliphatic heterocycles. The van der Waals surface area contributed by atoms with Gasteiger partial charge in [0, 0.05) is 0 Å². The molecular weight excluding hydrogens is 188 g/mol. The Morgan fingerprint density at radius 2 is 2.27 bits per heavy atom. The lowest BCUT2D eigenvalue weighted by Crippen LogP contribution is -2.18. The van der Waals surface area contributed by atoms with Gasteiger partial charge in [-0.3, -0.25) is 0 Å². The molecule has 0 saturated heterocycles. The molecule has 0 N–H and O–H groups in total. The lowest BCUT2D eigenvalue weighted by molar-refractivity contribution is -0.121. The zero-order valence-corrected chi connectivity index (χ0v) is 8.98. The summed E-state index contributed by atoms with van der Waals surface area (Å²) in [5, 5.41) is 0. The monoisotopic (exact) mass is 204 g/mol. The first-order chi connectivity index (χ1) is 7.31. The second-order valence-electron chi connectivity index (χ2n) is 4.06. The third kappa shape index (κ3) is 2.26. The average molecular weight is 204 g/mol. The van der Waals surface area contributed by atoms with E-state index in [1.165, 1.54) is 11.1 Å². The van der Waals surface area contributed by atoms with Gasteiger partial charge in [-0.05, 0) is 37.3 Å². The van der Waals surface area contributed by atoms with Crippen molar-refractivity contribution in [1.29, 1.82) is 0 Å². The molecule has 0 radical (unpaired) electrons. The summed E-state index contributed by atoms with van der Waals surface area (Å²) in [6.07, 6.45) is 3.96. The fourth-order valence-corrected chi connectivity index (χ4v) is 2.14. The van der Waals surface area contributed by atoms with Gasteiger partial charge in [0.05, 0.1) is 6.10 Å². The summed E-state index contributed by atoms with van der Waals surface area (Å²) < 4.78 is 5.70. The first kappa shape index (κ1) is 10.4. The van der Waals surface area contributed by atoms with Crippen LogP contribution in [0.2, 0.25) is 0 Å². The van der Waals surface area contributed by atoms with Crippen molar-refractivity contribution in [3.8, 4) is 0 Å². The Morgan fingerprint density at radius 1 is 1.47 bits per heavy atom. The molecule has 2 rings (SSSR count). The highest BCUT2D eigenvalue weighted by atomic mass is 16.5. The van der Waals surface area contributed by atoms with Crippen molar-refractivity contribution in [2.24, 2.45) is 0 Å². The number of rotatable bonds is 3. The van der Waals surface area contributed by atoms with Crippen LogP contribution in [0.4, 0.5) is 0 Å². The van der Waals surface area contributed by atoms with Crippen molar-refractivity contribution in [3.63, 3.8) is 0 Å². The maximum absolute atomic E-state index is 10.6. The fourth-order valence-electron chi connectivity index (χ4n) is 2.14. The Morgan fingerprint density at radius 3 is 3.07 bits per heavy atom. The first-order valence-corrected chi connectivity index (χ1v) is 5.50. The molecule has 1 aliphatic rings. The first-order valence-electron chi connectivity index (χ1n) is 5.50. The molecule has 0 fully saturated rings. The van der Waals surface area contributed by atoms with Gasteiger partial charge in [0.1, 0.15) is 12.4 Å². The molecule has 0 spiro atoms. The van der Waals surface area contributed by atoms with Gasteiger partial charge in [-0.1, -0.05) is 24.3 Å². The summed E-state index contributed by atoms with van der Waals surface area (Å²) in [6.45, 7) is 1.80. The van der Waals surface area contributed by atoms with E-state index in [4.69, 9.17) is 4.74 Å². The number of ether oxygens (including phenoxy) is 1. The minimum Gasteiger partial charge on any atom is -0.363 e. The van der Waals surface area contributed by atoms with E-state index in [9.17, 15) is 4.79 Å². The van der Waals surface area contributed by atoms with Crippen molar-refractivity contribution >= 4 is 6.29 Å². The Hall–Kier alpha value is -1.15. The molecule has 1 aliphatic carbocycles. The van der Waals surface area contributed by atoms with Crippen molar-refractivity contribution in [2.75, 3.05) is 0 Å². The van der Waals surface area contributed by atoms with E-state index >= 15 is 0 Å². The summed E-state index contributed by atoms with van der Waals surface area (Å²) in [6, 6.07) is 8.35. The normalized spacial score (nSPS) is 21.8. The lowest BCUT2D eigenvalue weighted by Gasteiger charge is -2.26. The molecule has 1 aromatic carbocycles. The summed E-state index contributed by atoms with van der Waals surface area (Å²) in [5.74, 6) is 0. The molecule has 2 nitrogen and oxygen atoms in total. The Labute approximate surface area is 90.3 Å². The van der Waals surface area contributed by atoms with E-state index < -0.39 is 0 Å². The highest BCUT2D eigenvalue weighted by Gasteiger charge is 2.21. The van der Waals surface area contributed by atoms with Crippen LogP contribution in [-0.2, 0) is 16.0 Å². The largest absolute Gasteiger partial charge is 0.363 e. The van der Waals surface area contributed by atoms with Gasteiger partial charge in [-0.2, -0.15) is 0 Å². The second kappa shape index (κ2) is 4.58. The number of carbonyl (C=O) groups is 1. The van der Waals surface area contributed by atoms with E-state index in [0.717, 1.165) is 25.5 Å². The lowest BCUT2D eigenvalue weighted by atomic mass is 9.89. The zero-order chi connectivity index (χ0) is 10.7. The molecule has 0 saturated carbocycles. The van der Waals surface area contributed by atoms with Gasteiger partial charge < -0.3 is 9.53 Å². The van der Waals surface area contributed by atoms with Crippen LogP contribution >= 0.6 is 0 Å². The maximum atomic E-state index is 10.6. The molecule has 0 amide bonds. The van der Waals surface area contributed by atoms with E-state index in [2.05, 4.69) is 18.2 Å². The fraction of sp³-hybridized carbons (Fsp3) is 0.462. The SMILES string of the molecule is CC(C=O)OC1CCCc2ccccc21. The molecule has 80 valence electrons. The highest BCUT2D eigenvalue weighted by molar-refractivity contribution is 5.55. The summed E-state index contributed by atoms with van der Waals surface area (Å²) in [5.41, 5.74) is 2.63. The number of hydrogen-bond acceptors (Lipinski definition) is 2. The third-order valence-corrected chi connectivity index (χ3v) is 2.88. The quantitative estimate of drug-likeness (QED) is 0.707. The number of aldehydes is 1. The topological polar surface area (TPSA) is 26.3 Å². The Kier molecular flexibility index (Phi) is 3.17. The van der Waals surface area contributed by atoms with Crippen LogP contribution in [0.15, 0.2) is 24.3 Å². The van der Waals surface area contributed by atoms with Gasteiger partial charge >= 0.3 is 0 Å². The van der Waals surface area contributed by atoms with Crippen molar-refractivity contribution in [2.45, 2.75) is 38.4 Å². The van der Waals surface area contributed by atoms with E-state index in [-0.39, 0.29) is 12.2 Å². The minimum atomic E-state index is -0.304. The Bertz CT molecular complexity index is 346. The number of fused-ring (bicyclic) bond motifs is 1.